The fraction of sp³-hybridized carbons (Fsp3) is 0.417. The van der Waals surface area contributed by atoms with Crippen LogP contribution in [0.4, 0.5) is 8.78 Å². The summed E-state index contributed by atoms with van der Waals surface area (Å²) in [6.45, 7) is 0.694. The number of carbonyl (C=O) groups excluding carboxylic acids is 1. The van der Waals surface area contributed by atoms with Crippen LogP contribution in [0.25, 0.3) is 0 Å². The molecule has 1 aliphatic carbocycles. The third-order valence-electron chi connectivity index (χ3n) is 5.92. The van der Waals surface area contributed by atoms with E-state index in [-0.39, 0.29) is 34.5 Å². The van der Waals surface area contributed by atoms with Gasteiger partial charge < -0.3 is 14.2 Å². The normalized spacial score (nSPS) is 18.8. The summed E-state index contributed by atoms with van der Waals surface area (Å²) in [5.74, 6) is -0.188. The SMILES string of the molecule is C=CS(=O)(=O)N1CCSC1C(=O)OC(Cc1c(Cl)cncc1Cl)c1ccc(OC(F)F)c(OCC2CC2)c1. The summed E-state index contributed by atoms with van der Waals surface area (Å²) in [5, 5.41) is 0.106. The van der Waals surface area contributed by atoms with E-state index in [1.807, 2.05) is 0 Å². The first-order chi connectivity index (χ1) is 18.1. The molecule has 2 atom stereocenters. The quantitative estimate of drug-likeness (QED) is 0.293. The highest BCUT2D eigenvalue weighted by molar-refractivity contribution is 8.02. The van der Waals surface area contributed by atoms with Gasteiger partial charge in [0.15, 0.2) is 16.9 Å². The highest BCUT2D eigenvalue weighted by Crippen LogP contribution is 2.39. The molecule has 0 bridgehead atoms. The standard InChI is InChI=1S/C24H24Cl2F2N2O6S2/c1-2-38(32,33)30-7-8-37-22(30)23(31)35-20(10-16-17(25)11-29-12-18(16)26)15-5-6-19(36-24(27)28)21(9-15)34-13-14-3-4-14/h2,5-6,9,11-12,14,20,22,24H,1,3-4,7-8,10,13H2. The molecule has 1 aromatic carbocycles. The lowest BCUT2D eigenvalue weighted by atomic mass is 10.0. The van der Waals surface area contributed by atoms with Crippen LogP contribution in [0.2, 0.25) is 10.0 Å². The van der Waals surface area contributed by atoms with Crippen LogP contribution in [0.1, 0.15) is 30.1 Å². The van der Waals surface area contributed by atoms with Gasteiger partial charge in [-0.05, 0) is 42.0 Å². The van der Waals surface area contributed by atoms with Crippen LogP contribution < -0.4 is 9.47 Å². The molecule has 2 aromatic rings. The van der Waals surface area contributed by atoms with Gasteiger partial charge in [-0.3, -0.25) is 4.98 Å². The molecular weight excluding hydrogens is 585 g/mol. The molecule has 0 amide bonds. The van der Waals surface area contributed by atoms with Gasteiger partial charge in [0.25, 0.3) is 0 Å². The number of sulfonamides is 1. The average Bonchev–Trinajstić information content (AvgIpc) is 3.56. The number of pyridine rings is 1. The summed E-state index contributed by atoms with van der Waals surface area (Å²) in [7, 11) is -3.88. The second-order valence-electron chi connectivity index (χ2n) is 8.60. The van der Waals surface area contributed by atoms with Gasteiger partial charge in [-0.2, -0.15) is 13.1 Å². The fourth-order valence-corrected chi connectivity index (χ4v) is 6.82. The van der Waals surface area contributed by atoms with Gasteiger partial charge in [0, 0.05) is 36.5 Å². The molecule has 1 aliphatic heterocycles. The van der Waals surface area contributed by atoms with Crippen molar-refractivity contribution in [1.29, 1.82) is 0 Å². The molecule has 2 aliphatic rings. The third-order valence-corrected chi connectivity index (χ3v) is 9.35. The number of rotatable bonds is 12. The number of esters is 1. The maximum Gasteiger partial charge on any atom is 0.387 e. The van der Waals surface area contributed by atoms with Crippen LogP contribution in [0.5, 0.6) is 11.5 Å². The third kappa shape index (κ3) is 7.09. The summed E-state index contributed by atoms with van der Waals surface area (Å²) >= 11 is 13.7. The number of benzene rings is 1. The molecule has 2 fully saturated rings. The van der Waals surface area contributed by atoms with Crippen LogP contribution in [0, 0.1) is 5.92 Å². The molecule has 1 saturated carbocycles. The van der Waals surface area contributed by atoms with Crippen molar-refractivity contribution in [2.45, 2.75) is 37.4 Å². The Bertz CT molecular complexity index is 1280. The Labute approximate surface area is 233 Å². The minimum absolute atomic E-state index is 0.00532. The van der Waals surface area contributed by atoms with Gasteiger partial charge in [0.2, 0.25) is 10.0 Å². The van der Waals surface area contributed by atoms with Gasteiger partial charge in [-0.1, -0.05) is 35.8 Å². The maximum absolute atomic E-state index is 13.3. The van der Waals surface area contributed by atoms with E-state index in [9.17, 15) is 22.0 Å². The molecule has 0 N–H and O–H groups in total. The number of hydrogen-bond acceptors (Lipinski definition) is 8. The zero-order valence-electron chi connectivity index (χ0n) is 19.9. The average molecular weight is 609 g/mol. The number of hydrogen-bond donors (Lipinski definition) is 0. The van der Waals surface area contributed by atoms with E-state index in [1.165, 1.54) is 30.6 Å². The molecule has 4 rings (SSSR count). The monoisotopic (exact) mass is 608 g/mol. The van der Waals surface area contributed by atoms with Gasteiger partial charge in [0.1, 0.15) is 6.10 Å². The molecule has 38 heavy (non-hydrogen) atoms. The fourth-order valence-electron chi connectivity index (χ4n) is 3.76. The predicted octanol–water partition coefficient (Wildman–Crippen LogP) is 5.45. The number of alkyl halides is 2. The Morgan fingerprint density at radius 1 is 1.24 bits per heavy atom. The molecule has 8 nitrogen and oxygen atoms in total. The van der Waals surface area contributed by atoms with E-state index >= 15 is 0 Å². The Hall–Kier alpha value is -2.12. The summed E-state index contributed by atoms with van der Waals surface area (Å²) < 4.78 is 68.1. The molecule has 1 saturated heterocycles. The highest BCUT2D eigenvalue weighted by atomic mass is 35.5. The van der Waals surface area contributed by atoms with E-state index in [4.69, 9.17) is 32.7 Å². The van der Waals surface area contributed by atoms with Crippen molar-refractivity contribution in [3.05, 3.63) is 63.8 Å². The number of ether oxygens (including phenoxy) is 3. The first-order valence-electron chi connectivity index (χ1n) is 11.5. The van der Waals surface area contributed by atoms with E-state index in [1.54, 1.807) is 0 Å². The Kier molecular flexibility index (Phi) is 9.40. The van der Waals surface area contributed by atoms with Gasteiger partial charge in [-0.25, -0.2) is 13.2 Å². The molecule has 2 unspecified atom stereocenters. The van der Waals surface area contributed by atoms with E-state index in [0.717, 1.165) is 34.3 Å². The van der Waals surface area contributed by atoms with Crippen molar-refractivity contribution in [3.8, 4) is 11.5 Å². The topological polar surface area (TPSA) is 95.0 Å². The number of nitrogens with zero attached hydrogens (tertiary/aromatic N) is 2. The largest absolute Gasteiger partial charge is 0.489 e. The molecule has 14 heteroatoms. The number of carbonyl (C=O) groups is 1. The Morgan fingerprint density at radius 2 is 1.95 bits per heavy atom. The first kappa shape index (κ1) is 28.9. The molecule has 0 spiro atoms. The zero-order valence-corrected chi connectivity index (χ0v) is 23.0. The first-order valence-corrected chi connectivity index (χ1v) is 14.9. The summed E-state index contributed by atoms with van der Waals surface area (Å²) in [5.41, 5.74) is 0.819. The molecular formula is C24H24Cl2F2N2O6S2. The number of thioether (sulfide) groups is 1. The zero-order chi connectivity index (χ0) is 27.4. The van der Waals surface area contributed by atoms with Crippen molar-refractivity contribution in [3.63, 3.8) is 0 Å². The van der Waals surface area contributed by atoms with Crippen LogP contribution in [-0.2, 0) is 26.0 Å². The summed E-state index contributed by atoms with van der Waals surface area (Å²) in [4.78, 5) is 17.2. The molecule has 1 aromatic heterocycles. The summed E-state index contributed by atoms with van der Waals surface area (Å²) in [6.07, 6.45) is 3.70. The molecule has 0 radical (unpaired) electrons. The van der Waals surface area contributed by atoms with Crippen molar-refractivity contribution in [2.75, 3.05) is 18.9 Å². The Morgan fingerprint density at radius 3 is 2.58 bits per heavy atom. The minimum Gasteiger partial charge on any atom is -0.489 e. The molecule has 2 heterocycles. The van der Waals surface area contributed by atoms with Crippen LogP contribution in [0.15, 0.2) is 42.6 Å². The van der Waals surface area contributed by atoms with Crippen LogP contribution in [0.3, 0.4) is 0 Å². The lowest BCUT2D eigenvalue weighted by Crippen LogP contribution is -2.39. The minimum atomic E-state index is -3.88. The van der Waals surface area contributed by atoms with E-state index < -0.39 is 34.1 Å². The Balaban J connectivity index is 1.67. The highest BCUT2D eigenvalue weighted by Gasteiger charge is 2.40. The van der Waals surface area contributed by atoms with Crippen molar-refractivity contribution >= 4 is 51.0 Å². The van der Waals surface area contributed by atoms with E-state index in [2.05, 4.69) is 16.3 Å². The van der Waals surface area contributed by atoms with Crippen molar-refractivity contribution in [2.24, 2.45) is 5.92 Å². The smallest absolute Gasteiger partial charge is 0.387 e. The second kappa shape index (κ2) is 12.4. The lowest BCUT2D eigenvalue weighted by Gasteiger charge is -2.25. The van der Waals surface area contributed by atoms with Crippen molar-refractivity contribution in [1.82, 2.24) is 9.29 Å². The predicted molar refractivity (Wildman–Crippen MR) is 140 cm³/mol. The van der Waals surface area contributed by atoms with E-state index in [0.29, 0.717) is 29.4 Å². The maximum atomic E-state index is 13.3. The van der Waals surface area contributed by atoms with Gasteiger partial charge in [-0.15, -0.1) is 11.8 Å². The van der Waals surface area contributed by atoms with Gasteiger partial charge in [0.05, 0.1) is 16.7 Å². The summed E-state index contributed by atoms with van der Waals surface area (Å²) in [6, 6.07) is 4.23. The van der Waals surface area contributed by atoms with Crippen LogP contribution in [-0.4, -0.2) is 54.6 Å². The van der Waals surface area contributed by atoms with Crippen molar-refractivity contribution < 1.29 is 36.2 Å². The number of halogens is 4. The van der Waals surface area contributed by atoms with Crippen LogP contribution >= 0.6 is 35.0 Å². The number of aromatic nitrogens is 1. The van der Waals surface area contributed by atoms with Gasteiger partial charge >= 0.3 is 12.6 Å². The molecule has 206 valence electrons. The second-order valence-corrected chi connectivity index (χ2v) is 12.4. The lowest BCUT2D eigenvalue weighted by molar-refractivity contribution is -0.150.